The van der Waals surface area contributed by atoms with Gasteiger partial charge in [-0.3, -0.25) is 4.79 Å². The minimum Gasteiger partial charge on any atom is -0.481 e. The first-order valence-corrected chi connectivity index (χ1v) is 12.7. The van der Waals surface area contributed by atoms with E-state index in [1.807, 2.05) is 86.0 Å². The second-order valence-corrected chi connectivity index (χ2v) is 9.41. The number of ether oxygens (including phenoxy) is 2. The average molecular weight is 500 g/mol. The first-order valence-electron chi connectivity index (χ1n) is 11.9. The first kappa shape index (κ1) is 25.2. The third-order valence-corrected chi connectivity index (χ3v) is 6.72. The lowest BCUT2D eigenvalue weighted by molar-refractivity contribution is -0.122. The summed E-state index contributed by atoms with van der Waals surface area (Å²) in [4.78, 5) is 25.9. The lowest BCUT2D eigenvalue weighted by Gasteiger charge is -2.15. The molecule has 36 heavy (non-hydrogen) atoms. The molecule has 0 spiro atoms. The van der Waals surface area contributed by atoms with E-state index in [9.17, 15) is 9.59 Å². The van der Waals surface area contributed by atoms with Crippen LogP contribution < -0.4 is 10.1 Å². The van der Waals surface area contributed by atoms with Crippen molar-refractivity contribution in [2.75, 3.05) is 11.9 Å². The number of esters is 1. The number of carbonyl (C=O) groups is 2. The molecule has 0 saturated heterocycles. The Morgan fingerprint density at radius 1 is 0.917 bits per heavy atom. The van der Waals surface area contributed by atoms with Crippen molar-refractivity contribution in [1.82, 2.24) is 0 Å². The zero-order chi connectivity index (χ0) is 25.7. The van der Waals surface area contributed by atoms with Crippen LogP contribution in [0.2, 0.25) is 0 Å². The molecule has 1 N–H and O–H groups in total. The minimum absolute atomic E-state index is 0.243. The molecule has 1 amide bonds. The largest absolute Gasteiger partial charge is 0.481 e. The molecule has 0 aliphatic rings. The number of carbonyl (C=O) groups excluding carboxylic acids is 2. The molecule has 0 aliphatic carbocycles. The van der Waals surface area contributed by atoms with Gasteiger partial charge in [0.05, 0.1) is 6.61 Å². The molecule has 1 aromatic heterocycles. The van der Waals surface area contributed by atoms with Crippen LogP contribution in [0.25, 0.3) is 22.3 Å². The van der Waals surface area contributed by atoms with Gasteiger partial charge in [0.25, 0.3) is 5.91 Å². The second-order valence-electron chi connectivity index (χ2n) is 8.53. The Balaban J connectivity index is 1.52. The van der Waals surface area contributed by atoms with Crippen LogP contribution in [0.15, 0.2) is 78.2 Å². The molecule has 3 aromatic carbocycles. The molecule has 4 rings (SSSR count). The number of thiophene rings is 1. The van der Waals surface area contributed by atoms with Crippen LogP contribution in [0.4, 0.5) is 5.00 Å². The number of amides is 1. The summed E-state index contributed by atoms with van der Waals surface area (Å²) in [5, 5.41) is 5.21. The van der Waals surface area contributed by atoms with E-state index in [4.69, 9.17) is 9.47 Å². The van der Waals surface area contributed by atoms with Crippen molar-refractivity contribution in [3.8, 4) is 28.0 Å². The van der Waals surface area contributed by atoms with E-state index in [0.29, 0.717) is 16.3 Å². The van der Waals surface area contributed by atoms with E-state index in [1.165, 1.54) is 11.3 Å². The summed E-state index contributed by atoms with van der Waals surface area (Å²) in [5.74, 6) is -0.221. The maximum absolute atomic E-state index is 13.0. The van der Waals surface area contributed by atoms with Gasteiger partial charge in [0, 0.05) is 10.9 Å². The van der Waals surface area contributed by atoms with Crippen molar-refractivity contribution < 1.29 is 19.1 Å². The number of hydrogen-bond acceptors (Lipinski definition) is 5. The van der Waals surface area contributed by atoms with Crippen molar-refractivity contribution >= 4 is 28.2 Å². The highest BCUT2D eigenvalue weighted by Gasteiger charge is 2.25. The molecule has 1 unspecified atom stereocenters. The maximum atomic E-state index is 13.0. The molecule has 5 nitrogen and oxygen atoms in total. The van der Waals surface area contributed by atoms with Crippen LogP contribution >= 0.6 is 11.3 Å². The number of nitrogens with one attached hydrogen (secondary N) is 1. The smallest absolute Gasteiger partial charge is 0.341 e. The maximum Gasteiger partial charge on any atom is 0.341 e. The molecular weight excluding hydrogens is 470 g/mol. The van der Waals surface area contributed by atoms with Gasteiger partial charge >= 0.3 is 5.97 Å². The van der Waals surface area contributed by atoms with Crippen molar-refractivity contribution in [3.63, 3.8) is 0 Å². The zero-order valence-electron chi connectivity index (χ0n) is 20.8. The van der Waals surface area contributed by atoms with Crippen LogP contribution in [0.5, 0.6) is 5.75 Å². The van der Waals surface area contributed by atoms with E-state index < -0.39 is 12.1 Å². The van der Waals surface area contributed by atoms with Gasteiger partial charge < -0.3 is 14.8 Å². The fourth-order valence-electron chi connectivity index (χ4n) is 4.00. The summed E-state index contributed by atoms with van der Waals surface area (Å²) >= 11 is 1.30. The topological polar surface area (TPSA) is 64.6 Å². The van der Waals surface area contributed by atoms with Crippen LogP contribution in [-0.4, -0.2) is 24.6 Å². The number of aryl methyl sites for hydroxylation is 2. The summed E-state index contributed by atoms with van der Waals surface area (Å²) < 4.78 is 11.2. The number of benzene rings is 3. The standard InChI is InChI=1S/C30H29NO4S/c1-5-34-30(33)27-26(25-16-11-19(2)17-20(25)3)18-36-29(27)31-28(32)21(4)35-24-14-12-23(13-15-24)22-9-7-6-8-10-22/h6-18,21H,5H2,1-4H3,(H,31,32). The van der Waals surface area contributed by atoms with Crippen LogP contribution in [0.1, 0.15) is 35.3 Å². The van der Waals surface area contributed by atoms with Gasteiger partial charge in [0.2, 0.25) is 0 Å². The Labute approximate surface area is 215 Å². The summed E-state index contributed by atoms with van der Waals surface area (Å²) in [7, 11) is 0. The molecule has 6 heteroatoms. The van der Waals surface area contributed by atoms with E-state index in [0.717, 1.165) is 33.4 Å². The molecule has 0 aliphatic heterocycles. The zero-order valence-corrected chi connectivity index (χ0v) is 21.6. The number of anilines is 1. The molecule has 0 radical (unpaired) electrons. The summed E-state index contributed by atoms with van der Waals surface area (Å²) in [5.41, 5.74) is 6.41. The SMILES string of the molecule is CCOC(=O)c1c(-c2ccc(C)cc2C)csc1NC(=O)C(C)Oc1ccc(-c2ccccc2)cc1. The molecule has 0 fully saturated rings. The van der Waals surface area contributed by atoms with Crippen LogP contribution in [0.3, 0.4) is 0 Å². The normalized spacial score (nSPS) is 11.6. The molecule has 4 aromatic rings. The lowest BCUT2D eigenvalue weighted by Crippen LogP contribution is -2.30. The average Bonchev–Trinajstić information content (AvgIpc) is 3.28. The van der Waals surface area contributed by atoms with Crippen molar-refractivity contribution in [2.45, 2.75) is 33.8 Å². The molecule has 1 atom stereocenters. The minimum atomic E-state index is -0.769. The fourth-order valence-corrected chi connectivity index (χ4v) is 4.95. The van der Waals surface area contributed by atoms with Gasteiger partial charge in [-0.25, -0.2) is 4.79 Å². The van der Waals surface area contributed by atoms with Gasteiger partial charge in [-0.1, -0.05) is 66.2 Å². The molecule has 0 bridgehead atoms. The van der Waals surface area contributed by atoms with Crippen molar-refractivity contribution in [2.24, 2.45) is 0 Å². The van der Waals surface area contributed by atoms with Gasteiger partial charge in [0.15, 0.2) is 6.10 Å². The molecule has 184 valence electrons. The van der Waals surface area contributed by atoms with E-state index in [2.05, 4.69) is 11.4 Å². The van der Waals surface area contributed by atoms with Gasteiger partial charge in [0.1, 0.15) is 16.3 Å². The Morgan fingerprint density at radius 3 is 2.28 bits per heavy atom. The van der Waals surface area contributed by atoms with Gasteiger partial charge in [-0.15, -0.1) is 11.3 Å². The number of hydrogen-bond donors (Lipinski definition) is 1. The van der Waals surface area contributed by atoms with E-state index in [-0.39, 0.29) is 12.5 Å². The van der Waals surface area contributed by atoms with Gasteiger partial charge in [-0.05, 0) is 62.1 Å². The van der Waals surface area contributed by atoms with E-state index in [1.54, 1.807) is 13.8 Å². The molecular formula is C30H29NO4S. The monoisotopic (exact) mass is 499 g/mol. The highest BCUT2D eigenvalue weighted by Crippen LogP contribution is 2.38. The van der Waals surface area contributed by atoms with Gasteiger partial charge in [-0.2, -0.15) is 0 Å². The predicted octanol–water partition coefficient (Wildman–Crippen LogP) is 7.28. The Hall–Kier alpha value is -3.90. The number of rotatable bonds is 8. The Bertz CT molecular complexity index is 1360. The molecule has 1 heterocycles. The second kappa shape index (κ2) is 11.2. The van der Waals surface area contributed by atoms with Crippen LogP contribution in [0, 0.1) is 13.8 Å². The van der Waals surface area contributed by atoms with E-state index >= 15 is 0 Å². The third kappa shape index (κ3) is 5.66. The highest BCUT2D eigenvalue weighted by atomic mass is 32.1. The Kier molecular flexibility index (Phi) is 7.86. The summed E-state index contributed by atoms with van der Waals surface area (Å²) in [6.07, 6.45) is -0.769. The summed E-state index contributed by atoms with van der Waals surface area (Å²) in [6, 6.07) is 23.7. The summed E-state index contributed by atoms with van der Waals surface area (Å²) in [6.45, 7) is 7.72. The Morgan fingerprint density at radius 2 is 1.61 bits per heavy atom. The quantitative estimate of drug-likeness (QED) is 0.259. The van der Waals surface area contributed by atoms with Crippen molar-refractivity contribution in [3.05, 3.63) is 94.9 Å². The van der Waals surface area contributed by atoms with Crippen molar-refractivity contribution in [1.29, 1.82) is 0 Å². The van der Waals surface area contributed by atoms with Crippen LogP contribution in [-0.2, 0) is 9.53 Å². The lowest BCUT2D eigenvalue weighted by atomic mass is 9.97. The molecule has 0 saturated carbocycles. The fraction of sp³-hybridized carbons (Fsp3) is 0.200. The predicted molar refractivity (Wildman–Crippen MR) is 146 cm³/mol. The third-order valence-electron chi connectivity index (χ3n) is 5.82. The highest BCUT2D eigenvalue weighted by molar-refractivity contribution is 7.15. The first-order chi connectivity index (χ1) is 17.4.